The van der Waals surface area contributed by atoms with Crippen LogP contribution in [-0.2, 0) is 0 Å². The zero-order valence-electron chi connectivity index (χ0n) is 13.8. The number of ether oxygens (including phenoxy) is 2. The fraction of sp³-hybridized carbons (Fsp3) is 0.500. The van der Waals surface area contributed by atoms with Crippen molar-refractivity contribution in [2.75, 3.05) is 7.11 Å². The lowest BCUT2D eigenvalue weighted by Gasteiger charge is -2.33. The Kier molecular flexibility index (Phi) is 5.51. The van der Waals surface area contributed by atoms with E-state index in [0.717, 1.165) is 20.6 Å². The van der Waals surface area contributed by atoms with Gasteiger partial charge in [-0.05, 0) is 47.1 Å². The molecule has 23 heavy (non-hydrogen) atoms. The number of nitrogens with zero attached hydrogens (tertiary/aromatic N) is 2. The van der Waals surface area contributed by atoms with Crippen LogP contribution in [0.1, 0.15) is 38.7 Å². The molecule has 2 rings (SSSR count). The highest BCUT2D eigenvalue weighted by Gasteiger charge is 2.37. The minimum atomic E-state index is -0.864. The highest BCUT2D eigenvalue weighted by molar-refractivity contribution is 14.1. The van der Waals surface area contributed by atoms with Crippen LogP contribution in [0.2, 0.25) is 0 Å². The normalized spacial score (nSPS) is 23.8. The summed E-state index contributed by atoms with van der Waals surface area (Å²) in [4.78, 5) is 8.32. The third-order valence-electron chi connectivity index (χ3n) is 3.86. The van der Waals surface area contributed by atoms with Gasteiger partial charge in [-0.1, -0.05) is 20.8 Å². The summed E-state index contributed by atoms with van der Waals surface area (Å²) in [7, 11) is 1.66. The summed E-state index contributed by atoms with van der Waals surface area (Å²) in [6, 6.07) is 3.96. The molecule has 0 amide bonds. The van der Waals surface area contributed by atoms with E-state index >= 15 is 0 Å². The molecule has 7 heteroatoms. The molecule has 1 aromatic carbocycles. The molecule has 6 nitrogen and oxygen atoms in total. The molecule has 0 fully saturated rings. The lowest BCUT2D eigenvalue weighted by molar-refractivity contribution is 0.203. The maximum atomic E-state index is 6.30. The van der Waals surface area contributed by atoms with Crippen molar-refractivity contribution in [3.05, 3.63) is 21.3 Å². The molecule has 126 valence electrons. The summed E-state index contributed by atoms with van der Waals surface area (Å²) < 4.78 is 12.7. The van der Waals surface area contributed by atoms with Crippen molar-refractivity contribution in [3.8, 4) is 11.5 Å². The van der Waals surface area contributed by atoms with Crippen molar-refractivity contribution in [1.82, 2.24) is 0 Å². The quantitative estimate of drug-likeness (QED) is 0.703. The van der Waals surface area contributed by atoms with Crippen LogP contribution in [0.25, 0.3) is 0 Å². The Morgan fingerprint density at radius 1 is 1.35 bits per heavy atom. The molecule has 1 aromatic rings. The highest BCUT2D eigenvalue weighted by Crippen LogP contribution is 2.36. The summed E-state index contributed by atoms with van der Waals surface area (Å²) in [5.41, 5.74) is 12.0. The summed E-state index contributed by atoms with van der Waals surface area (Å²) in [6.07, 6.45) is 1.62. The molecule has 4 N–H and O–H groups in total. The summed E-state index contributed by atoms with van der Waals surface area (Å²) in [6.45, 7) is 6.19. The van der Waals surface area contributed by atoms with Crippen molar-refractivity contribution >= 4 is 34.6 Å². The third-order valence-corrected chi connectivity index (χ3v) is 4.71. The van der Waals surface area contributed by atoms with Gasteiger partial charge in [-0.15, -0.1) is 0 Å². The average molecular weight is 430 g/mol. The predicted molar refractivity (Wildman–Crippen MR) is 102 cm³/mol. The number of benzene rings is 1. The molecule has 0 saturated heterocycles. The first-order valence-electron chi connectivity index (χ1n) is 7.53. The van der Waals surface area contributed by atoms with Gasteiger partial charge in [-0.3, -0.25) is 10.7 Å². The van der Waals surface area contributed by atoms with Crippen molar-refractivity contribution < 1.29 is 9.47 Å². The first kappa shape index (κ1) is 18.0. The van der Waals surface area contributed by atoms with Crippen LogP contribution >= 0.6 is 22.6 Å². The van der Waals surface area contributed by atoms with Crippen LogP contribution in [0.15, 0.2) is 22.1 Å². The lowest BCUT2D eigenvalue weighted by Crippen LogP contribution is -2.53. The minimum Gasteiger partial charge on any atom is -0.496 e. The first-order chi connectivity index (χ1) is 10.8. The maximum absolute atomic E-state index is 6.30. The smallest absolute Gasteiger partial charge is 0.200 e. The zero-order valence-corrected chi connectivity index (χ0v) is 16.0. The Bertz CT molecular complexity index is 645. The minimum absolute atomic E-state index is 0.269. The van der Waals surface area contributed by atoms with E-state index in [2.05, 4.69) is 46.4 Å². The highest BCUT2D eigenvalue weighted by atomic mass is 127. The van der Waals surface area contributed by atoms with Crippen LogP contribution in [0, 0.1) is 3.57 Å². The standard InChI is InChI=1S/C16H23IN4O2/c1-5-16(8-20-15(19)21-14(16)18)23-12-7-11(17)13(22-4)6-10(12)9(2)3/h6-9,15H,5,19H2,1-4H3,(H2,18,21). The summed E-state index contributed by atoms with van der Waals surface area (Å²) in [5.74, 6) is 2.20. The number of nitrogens with two attached hydrogens (primary N) is 2. The van der Waals surface area contributed by atoms with Gasteiger partial charge in [0, 0.05) is 5.56 Å². The second kappa shape index (κ2) is 7.04. The fourth-order valence-electron chi connectivity index (χ4n) is 2.41. The van der Waals surface area contributed by atoms with E-state index in [1.807, 2.05) is 19.1 Å². The lowest BCUT2D eigenvalue weighted by atomic mass is 9.97. The number of hydrogen-bond donors (Lipinski definition) is 2. The van der Waals surface area contributed by atoms with Crippen LogP contribution < -0.4 is 20.9 Å². The third kappa shape index (κ3) is 3.60. The van der Waals surface area contributed by atoms with E-state index in [1.165, 1.54) is 0 Å². The number of methoxy groups -OCH3 is 1. The number of halogens is 1. The molecule has 0 radical (unpaired) electrons. The molecular weight excluding hydrogens is 407 g/mol. The van der Waals surface area contributed by atoms with E-state index in [9.17, 15) is 0 Å². The van der Waals surface area contributed by atoms with Crippen molar-refractivity contribution in [1.29, 1.82) is 0 Å². The Morgan fingerprint density at radius 3 is 2.57 bits per heavy atom. The molecule has 0 aliphatic carbocycles. The van der Waals surface area contributed by atoms with Gasteiger partial charge in [-0.2, -0.15) is 0 Å². The number of amidine groups is 1. The molecule has 1 aliphatic rings. The Hall–Kier alpha value is -1.35. The second-order valence-electron chi connectivity index (χ2n) is 5.73. The molecule has 1 heterocycles. The predicted octanol–water partition coefficient (Wildman–Crippen LogP) is 2.63. The van der Waals surface area contributed by atoms with Gasteiger partial charge in [0.05, 0.1) is 16.9 Å². The Labute approximate surface area is 150 Å². The molecule has 0 bridgehead atoms. The van der Waals surface area contributed by atoms with E-state index in [0.29, 0.717) is 12.3 Å². The van der Waals surface area contributed by atoms with Gasteiger partial charge in [0.25, 0.3) is 0 Å². The fourth-order valence-corrected chi connectivity index (χ4v) is 3.07. The van der Waals surface area contributed by atoms with Crippen molar-refractivity contribution in [2.45, 2.75) is 45.0 Å². The average Bonchev–Trinajstić information content (AvgIpc) is 2.50. The maximum Gasteiger partial charge on any atom is 0.200 e. The van der Waals surface area contributed by atoms with Gasteiger partial charge < -0.3 is 15.2 Å². The topological polar surface area (TPSA) is 95.2 Å². The summed E-state index contributed by atoms with van der Waals surface area (Å²) >= 11 is 2.23. The van der Waals surface area contributed by atoms with E-state index in [-0.39, 0.29) is 5.92 Å². The van der Waals surface area contributed by atoms with Crippen LogP contribution in [0.4, 0.5) is 0 Å². The van der Waals surface area contributed by atoms with Crippen molar-refractivity contribution in [3.63, 3.8) is 0 Å². The van der Waals surface area contributed by atoms with E-state index < -0.39 is 11.9 Å². The second-order valence-corrected chi connectivity index (χ2v) is 6.89. The molecule has 1 aliphatic heterocycles. The zero-order chi connectivity index (χ0) is 17.2. The SMILES string of the molecule is CCC1(Oc2cc(I)c(OC)cc2C(C)C)C=NC(N)N=C1N. The number of rotatable bonds is 5. The first-order valence-corrected chi connectivity index (χ1v) is 8.61. The van der Waals surface area contributed by atoms with Gasteiger partial charge in [-0.25, -0.2) is 4.99 Å². The number of aliphatic imine (C=N–C) groups is 2. The van der Waals surface area contributed by atoms with Crippen LogP contribution in [0.5, 0.6) is 11.5 Å². The van der Waals surface area contributed by atoms with Gasteiger partial charge >= 0.3 is 0 Å². The molecule has 2 atom stereocenters. The Morgan fingerprint density at radius 2 is 2.04 bits per heavy atom. The molecule has 0 spiro atoms. The molecule has 0 aromatic heterocycles. The molecule has 2 unspecified atom stereocenters. The number of hydrogen-bond acceptors (Lipinski definition) is 6. The Balaban J connectivity index is 2.48. The molecular formula is C16H23IN4O2. The largest absolute Gasteiger partial charge is 0.496 e. The van der Waals surface area contributed by atoms with Gasteiger partial charge in [0.2, 0.25) is 0 Å². The summed E-state index contributed by atoms with van der Waals surface area (Å²) in [5, 5.41) is 0. The van der Waals surface area contributed by atoms with Crippen molar-refractivity contribution in [2.24, 2.45) is 21.5 Å². The van der Waals surface area contributed by atoms with Gasteiger partial charge in [0.15, 0.2) is 11.9 Å². The monoisotopic (exact) mass is 430 g/mol. The van der Waals surface area contributed by atoms with Gasteiger partial charge in [0.1, 0.15) is 17.3 Å². The van der Waals surface area contributed by atoms with Crippen LogP contribution in [0.3, 0.4) is 0 Å². The molecule has 0 saturated carbocycles. The van der Waals surface area contributed by atoms with Crippen LogP contribution in [-0.4, -0.2) is 31.1 Å². The van der Waals surface area contributed by atoms with E-state index in [4.69, 9.17) is 20.9 Å². The van der Waals surface area contributed by atoms with E-state index in [1.54, 1.807) is 13.3 Å².